The zero-order chi connectivity index (χ0) is 18.7. The Labute approximate surface area is 149 Å². The zero-order valence-corrected chi connectivity index (χ0v) is 18.0. The highest BCUT2D eigenvalue weighted by Gasteiger charge is 2.29. The van der Waals surface area contributed by atoms with E-state index in [2.05, 4.69) is 66.7 Å². The summed E-state index contributed by atoms with van der Waals surface area (Å²) in [4.78, 5) is 0. The van der Waals surface area contributed by atoms with Gasteiger partial charge in [0.25, 0.3) is 10.1 Å². The van der Waals surface area contributed by atoms with E-state index in [0.29, 0.717) is 17.5 Å². The van der Waals surface area contributed by atoms with Crippen LogP contribution in [0.3, 0.4) is 0 Å². The zero-order valence-electron chi connectivity index (χ0n) is 16.0. The minimum atomic E-state index is -4.07. The summed E-state index contributed by atoms with van der Waals surface area (Å²) in [5.41, 5.74) is 3.86. The summed E-state index contributed by atoms with van der Waals surface area (Å²) in [7, 11) is -5.32. The number of rotatable bonds is 6. The van der Waals surface area contributed by atoms with Crippen LogP contribution in [0.5, 0.6) is 0 Å². The van der Waals surface area contributed by atoms with E-state index in [-0.39, 0.29) is 5.41 Å². The molecule has 1 aromatic carbocycles. The molecule has 0 amide bonds. The Bertz CT molecular complexity index is 675. The average Bonchev–Trinajstić information content (AvgIpc) is 2.36. The van der Waals surface area contributed by atoms with Gasteiger partial charge in [-0.15, -0.1) is 0 Å². The molecule has 0 aliphatic carbocycles. The van der Waals surface area contributed by atoms with Gasteiger partial charge in [-0.05, 0) is 34.0 Å². The molecule has 24 heavy (non-hydrogen) atoms. The van der Waals surface area contributed by atoms with Gasteiger partial charge in [-0.25, -0.2) is 0 Å². The van der Waals surface area contributed by atoms with Crippen molar-refractivity contribution in [2.75, 3.05) is 0 Å². The monoisotopic (exact) mass is 368 g/mol. The Balaban J connectivity index is 3.51. The van der Waals surface area contributed by atoms with Gasteiger partial charge in [0.05, 0.1) is 14.2 Å². The van der Waals surface area contributed by atoms with Gasteiger partial charge in [0, 0.05) is 0 Å². The van der Waals surface area contributed by atoms with Crippen LogP contribution in [-0.2, 0) is 22.0 Å². The molecule has 3 nitrogen and oxygen atoms in total. The summed E-state index contributed by atoms with van der Waals surface area (Å²) < 4.78 is 30.8. The predicted molar refractivity (Wildman–Crippen MR) is 107 cm³/mol. The minimum absolute atomic E-state index is 0.0488. The normalized spacial score (nSPS) is 13.6. The van der Waals surface area contributed by atoms with E-state index in [4.69, 9.17) is 4.55 Å². The number of hydrogen-bond donors (Lipinski definition) is 1. The predicted octanol–water partition coefficient (Wildman–Crippen LogP) is 4.18. The SMILES string of the molecule is CC(C)[SiH](c1c(CC=CS(=O)(=O)O)cccc1C(C)(C)C)C(C)C. The summed E-state index contributed by atoms with van der Waals surface area (Å²) in [5.74, 6) is 0. The standard InChI is InChI=1S/C19H32O3SSi/c1-14(2)24(15(3)4)18-16(11-9-13-23(20,21)22)10-8-12-17(18)19(5,6)7/h8-10,12-15,24H,11H2,1-7H3,(H,20,21,22). The van der Waals surface area contributed by atoms with Gasteiger partial charge < -0.3 is 0 Å². The van der Waals surface area contributed by atoms with Crippen molar-refractivity contribution < 1.29 is 13.0 Å². The summed E-state index contributed by atoms with van der Waals surface area (Å²) in [6.45, 7) is 15.9. The van der Waals surface area contributed by atoms with Crippen LogP contribution in [0.25, 0.3) is 0 Å². The highest BCUT2D eigenvalue weighted by Crippen LogP contribution is 2.28. The molecule has 0 radical (unpaired) electrons. The summed E-state index contributed by atoms with van der Waals surface area (Å²) in [6, 6.07) is 6.38. The molecule has 0 aliphatic heterocycles. The van der Waals surface area contributed by atoms with Crippen molar-refractivity contribution in [2.45, 2.75) is 71.4 Å². The smallest absolute Gasteiger partial charge is 0.282 e. The van der Waals surface area contributed by atoms with Crippen LogP contribution in [0.1, 0.15) is 59.6 Å². The first kappa shape index (κ1) is 21.1. The molecule has 0 aliphatic rings. The maximum absolute atomic E-state index is 11.0. The van der Waals surface area contributed by atoms with Gasteiger partial charge in [0.1, 0.15) is 0 Å². The van der Waals surface area contributed by atoms with Crippen molar-refractivity contribution >= 4 is 24.1 Å². The third-order valence-corrected chi connectivity index (χ3v) is 9.14. The van der Waals surface area contributed by atoms with Crippen LogP contribution in [0.4, 0.5) is 0 Å². The molecule has 0 atom stereocenters. The van der Waals surface area contributed by atoms with Crippen molar-refractivity contribution in [3.63, 3.8) is 0 Å². The maximum atomic E-state index is 11.0. The van der Waals surface area contributed by atoms with Crippen molar-refractivity contribution in [3.8, 4) is 0 Å². The fourth-order valence-electron chi connectivity index (χ4n) is 3.57. The number of benzene rings is 1. The van der Waals surface area contributed by atoms with Gasteiger partial charge in [0.15, 0.2) is 0 Å². The number of allylic oxidation sites excluding steroid dienone is 1. The van der Waals surface area contributed by atoms with Crippen LogP contribution in [0.15, 0.2) is 29.7 Å². The second-order valence-corrected chi connectivity index (χ2v) is 13.8. The lowest BCUT2D eigenvalue weighted by atomic mass is 9.85. The van der Waals surface area contributed by atoms with E-state index in [0.717, 1.165) is 5.41 Å². The molecule has 0 unspecified atom stereocenters. The molecule has 0 bridgehead atoms. The maximum Gasteiger partial charge on any atom is 0.287 e. The molecule has 1 rings (SSSR count). The van der Waals surface area contributed by atoms with Crippen molar-refractivity contribution in [2.24, 2.45) is 0 Å². The molecule has 0 spiro atoms. The van der Waals surface area contributed by atoms with E-state index in [1.807, 2.05) is 0 Å². The molecule has 0 aromatic heterocycles. The fourth-order valence-corrected chi connectivity index (χ4v) is 8.31. The number of hydrogen-bond acceptors (Lipinski definition) is 2. The lowest BCUT2D eigenvalue weighted by Crippen LogP contribution is -2.43. The van der Waals surface area contributed by atoms with E-state index in [1.165, 1.54) is 16.3 Å². The third kappa shape index (κ3) is 5.87. The summed E-state index contributed by atoms with van der Waals surface area (Å²) in [6.07, 6.45) is 2.08. The van der Waals surface area contributed by atoms with E-state index >= 15 is 0 Å². The molecule has 1 aromatic rings. The Morgan fingerprint density at radius 1 is 1.12 bits per heavy atom. The quantitative estimate of drug-likeness (QED) is 0.605. The lowest BCUT2D eigenvalue weighted by Gasteiger charge is -2.33. The minimum Gasteiger partial charge on any atom is -0.282 e. The summed E-state index contributed by atoms with van der Waals surface area (Å²) >= 11 is 0. The van der Waals surface area contributed by atoms with Crippen LogP contribution in [0.2, 0.25) is 11.1 Å². The second-order valence-electron chi connectivity index (χ2n) is 8.23. The van der Waals surface area contributed by atoms with Crippen LogP contribution in [0, 0.1) is 0 Å². The Morgan fingerprint density at radius 3 is 2.08 bits per heavy atom. The highest BCUT2D eigenvalue weighted by atomic mass is 32.2. The Morgan fingerprint density at radius 2 is 1.67 bits per heavy atom. The van der Waals surface area contributed by atoms with Gasteiger partial charge in [-0.3, -0.25) is 4.55 Å². The molecule has 0 saturated heterocycles. The first-order chi connectivity index (χ1) is 10.8. The average molecular weight is 369 g/mol. The third-order valence-electron chi connectivity index (χ3n) is 4.38. The van der Waals surface area contributed by atoms with Gasteiger partial charge in [0.2, 0.25) is 0 Å². The Hall–Kier alpha value is -0.913. The molecule has 5 heteroatoms. The topological polar surface area (TPSA) is 54.4 Å². The molecule has 136 valence electrons. The fraction of sp³-hybridized carbons (Fsp3) is 0.579. The first-order valence-corrected chi connectivity index (χ1v) is 12.0. The van der Waals surface area contributed by atoms with Gasteiger partial charge in [-0.2, -0.15) is 8.42 Å². The largest absolute Gasteiger partial charge is 0.287 e. The molecule has 1 N–H and O–H groups in total. The lowest BCUT2D eigenvalue weighted by molar-refractivity contribution is 0.494. The molecule has 0 saturated carbocycles. The van der Waals surface area contributed by atoms with E-state index < -0.39 is 18.9 Å². The van der Waals surface area contributed by atoms with Crippen LogP contribution < -0.4 is 5.19 Å². The van der Waals surface area contributed by atoms with Gasteiger partial charge in [-0.1, -0.05) is 77.9 Å². The van der Waals surface area contributed by atoms with Gasteiger partial charge >= 0.3 is 0 Å². The molecular formula is C19H32O3SSi. The van der Waals surface area contributed by atoms with Crippen LogP contribution in [-0.4, -0.2) is 21.8 Å². The Kier molecular flexibility index (Phi) is 7.02. The van der Waals surface area contributed by atoms with E-state index in [9.17, 15) is 8.42 Å². The molecule has 0 heterocycles. The van der Waals surface area contributed by atoms with E-state index in [1.54, 1.807) is 6.08 Å². The second kappa shape index (κ2) is 7.98. The highest BCUT2D eigenvalue weighted by molar-refractivity contribution is 7.88. The van der Waals surface area contributed by atoms with Crippen molar-refractivity contribution in [1.82, 2.24) is 0 Å². The van der Waals surface area contributed by atoms with Crippen molar-refractivity contribution in [3.05, 3.63) is 40.8 Å². The van der Waals surface area contributed by atoms with Crippen molar-refractivity contribution in [1.29, 1.82) is 0 Å². The molecule has 0 fully saturated rings. The van der Waals surface area contributed by atoms with Crippen LogP contribution >= 0.6 is 0 Å². The first-order valence-electron chi connectivity index (χ1n) is 8.61. The summed E-state index contributed by atoms with van der Waals surface area (Å²) in [5, 5.41) is 2.36. The molecular weight excluding hydrogens is 336 g/mol.